The third-order valence-corrected chi connectivity index (χ3v) is 8.47. The molecule has 2 atom stereocenters. The third-order valence-electron chi connectivity index (χ3n) is 7.96. The Hall–Kier alpha value is -5.20. The molecule has 0 saturated heterocycles. The number of carbonyl (C=O) groups excluding carboxylic acids is 4. The summed E-state index contributed by atoms with van der Waals surface area (Å²) in [5, 5.41) is 5.68. The maximum absolute atomic E-state index is 13.1. The molecule has 47 heavy (non-hydrogen) atoms. The van der Waals surface area contributed by atoms with E-state index in [0.717, 1.165) is 27.8 Å². The van der Waals surface area contributed by atoms with E-state index in [-0.39, 0.29) is 30.2 Å². The van der Waals surface area contributed by atoms with Crippen LogP contribution in [-0.4, -0.2) is 48.8 Å². The summed E-state index contributed by atoms with van der Waals surface area (Å²) in [4.78, 5) is 50.3. The molecule has 1 aliphatic carbocycles. The molecule has 9 heteroatoms. The van der Waals surface area contributed by atoms with Crippen molar-refractivity contribution >= 4 is 45.4 Å². The molecule has 0 fully saturated rings. The Kier molecular flexibility index (Phi) is 10.9. The van der Waals surface area contributed by atoms with Crippen LogP contribution in [-0.2, 0) is 23.9 Å². The predicted octanol–water partition coefficient (Wildman–Crippen LogP) is 6.07. The number of amides is 2. The quantitative estimate of drug-likeness (QED) is 0.119. The number of halogens is 1. The molecule has 4 aromatic carbocycles. The monoisotopic (exact) mass is 692 g/mol. The van der Waals surface area contributed by atoms with Gasteiger partial charge in [0.05, 0.1) is 18.9 Å². The van der Waals surface area contributed by atoms with E-state index in [9.17, 15) is 19.2 Å². The first-order valence-electron chi connectivity index (χ1n) is 15.1. The van der Waals surface area contributed by atoms with Crippen LogP contribution < -0.4 is 10.6 Å². The van der Waals surface area contributed by atoms with Crippen molar-refractivity contribution in [3.8, 4) is 23.0 Å². The van der Waals surface area contributed by atoms with Crippen molar-refractivity contribution in [1.82, 2.24) is 5.32 Å². The van der Waals surface area contributed by atoms with Gasteiger partial charge in [-0.1, -0.05) is 83.2 Å². The van der Waals surface area contributed by atoms with Crippen molar-refractivity contribution < 1.29 is 28.7 Å². The minimum Gasteiger partial charge on any atom is -0.467 e. The molecule has 0 aliphatic heterocycles. The molecule has 0 unspecified atom stereocenters. The van der Waals surface area contributed by atoms with Gasteiger partial charge in [0, 0.05) is 28.3 Å². The Bertz CT molecular complexity index is 1800. The number of esters is 2. The Balaban J connectivity index is 1.17. The number of rotatable bonds is 10. The molecule has 0 heterocycles. The number of fused-ring (bicyclic) bond motifs is 3. The van der Waals surface area contributed by atoms with E-state index in [1.54, 1.807) is 55.5 Å². The van der Waals surface area contributed by atoms with Crippen molar-refractivity contribution in [2.24, 2.45) is 5.92 Å². The van der Waals surface area contributed by atoms with Crippen LogP contribution in [0, 0.1) is 17.8 Å². The van der Waals surface area contributed by atoms with Gasteiger partial charge in [-0.2, -0.15) is 0 Å². The van der Waals surface area contributed by atoms with E-state index < -0.39 is 29.8 Å². The molecule has 238 valence electrons. The lowest BCUT2D eigenvalue weighted by atomic mass is 9.97. The fourth-order valence-electron chi connectivity index (χ4n) is 5.52. The summed E-state index contributed by atoms with van der Waals surface area (Å²) in [5.74, 6) is 3.68. The molecule has 0 spiro atoms. The van der Waals surface area contributed by atoms with Crippen LogP contribution in [0.3, 0.4) is 0 Å². The number of ether oxygens (including phenoxy) is 2. The lowest BCUT2D eigenvalue weighted by Crippen LogP contribution is -2.46. The first-order valence-corrected chi connectivity index (χ1v) is 16.2. The van der Waals surface area contributed by atoms with Crippen molar-refractivity contribution in [2.75, 3.05) is 24.4 Å². The third kappa shape index (κ3) is 8.15. The molecule has 0 saturated carbocycles. The molecule has 1 aliphatic rings. The van der Waals surface area contributed by atoms with Crippen molar-refractivity contribution in [3.05, 3.63) is 125 Å². The van der Waals surface area contributed by atoms with Crippen molar-refractivity contribution in [3.63, 3.8) is 0 Å². The number of benzene rings is 4. The van der Waals surface area contributed by atoms with Crippen LogP contribution in [0.1, 0.15) is 51.9 Å². The highest BCUT2D eigenvalue weighted by Gasteiger charge is 2.32. The molecule has 0 radical (unpaired) electrons. The van der Waals surface area contributed by atoms with E-state index in [0.29, 0.717) is 16.8 Å². The predicted molar refractivity (Wildman–Crippen MR) is 183 cm³/mol. The summed E-state index contributed by atoms with van der Waals surface area (Å²) in [6.45, 7) is 1.87. The summed E-state index contributed by atoms with van der Waals surface area (Å²) in [7, 11) is 1.24. The highest BCUT2D eigenvalue weighted by atomic mass is 79.9. The Morgan fingerprint density at radius 1 is 0.809 bits per heavy atom. The van der Waals surface area contributed by atoms with Gasteiger partial charge in [-0.25, -0.2) is 4.79 Å². The van der Waals surface area contributed by atoms with Gasteiger partial charge < -0.3 is 20.1 Å². The van der Waals surface area contributed by atoms with E-state index in [1.165, 1.54) is 7.11 Å². The van der Waals surface area contributed by atoms with Crippen LogP contribution in [0.5, 0.6) is 0 Å². The summed E-state index contributed by atoms with van der Waals surface area (Å²) < 4.78 is 10.7. The molecule has 0 aromatic heterocycles. The maximum Gasteiger partial charge on any atom is 0.328 e. The van der Waals surface area contributed by atoms with Gasteiger partial charge in [0.15, 0.2) is 0 Å². The van der Waals surface area contributed by atoms with Crippen LogP contribution in [0.2, 0.25) is 0 Å². The molecular weight excluding hydrogens is 660 g/mol. The number of anilines is 1. The standard InChI is InChI=1S/C38H33BrN2O6/c1-24(21-35(43)47-23-33-31-9-5-3-7-29(31)30-8-4-6-10-32(30)33)36(38(45)46-2)41-37(44)27-17-13-25(14-18-27)11-12-26-15-19-28(20-16-26)40-34(42)22-39/h3-10,13-20,24,33,36H,21-23H2,1-2H3,(H,40,42)(H,41,44)/t24-,36-/m0/s1. The van der Waals surface area contributed by atoms with E-state index in [2.05, 4.69) is 50.5 Å². The normalized spacial score (nSPS) is 12.7. The largest absolute Gasteiger partial charge is 0.467 e. The number of alkyl halides is 1. The Labute approximate surface area is 282 Å². The fourth-order valence-corrected chi connectivity index (χ4v) is 5.66. The van der Waals surface area contributed by atoms with Crippen LogP contribution >= 0.6 is 15.9 Å². The smallest absolute Gasteiger partial charge is 0.328 e. The number of hydrogen-bond acceptors (Lipinski definition) is 6. The second-order valence-corrected chi connectivity index (χ2v) is 11.7. The van der Waals surface area contributed by atoms with Gasteiger partial charge >= 0.3 is 11.9 Å². The van der Waals surface area contributed by atoms with Crippen LogP contribution in [0.15, 0.2) is 97.1 Å². The van der Waals surface area contributed by atoms with Gasteiger partial charge in [0.2, 0.25) is 5.91 Å². The van der Waals surface area contributed by atoms with E-state index >= 15 is 0 Å². The summed E-state index contributed by atoms with van der Waals surface area (Å²) in [5.41, 5.74) is 6.93. The van der Waals surface area contributed by atoms with E-state index in [4.69, 9.17) is 9.47 Å². The van der Waals surface area contributed by atoms with Crippen LogP contribution in [0.25, 0.3) is 11.1 Å². The summed E-state index contributed by atoms with van der Waals surface area (Å²) >= 11 is 3.11. The molecule has 4 aromatic rings. The zero-order chi connectivity index (χ0) is 33.3. The lowest BCUT2D eigenvalue weighted by Gasteiger charge is -2.23. The Morgan fingerprint density at radius 2 is 1.36 bits per heavy atom. The number of nitrogens with one attached hydrogen (secondary N) is 2. The zero-order valence-electron chi connectivity index (χ0n) is 25.9. The molecule has 8 nitrogen and oxygen atoms in total. The topological polar surface area (TPSA) is 111 Å². The average Bonchev–Trinajstić information content (AvgIpc) is 3.42. The second-order valence-electron chi connectivity index (χ2n) is 11.2. The minimum absolute atomic E-state index is 0.0794. The SMILES string of the molecule is COC(=O)[C@@H](NC(=O)c1ccc(C#Cc2ccc(NC(=O)CBr)cc2)cc1)[C@@H](C)CC(=O)OCC1c2ccccc2-c2ccccc21. The molecule has 0 bridgehead atoms. The highest BCUT2D eigenvalue weighted by molar-refractivity contribution is 9.09. The lowest BCUT2D eigenvalue weighted by molar-refractivity contribution is -0.147. The number of methoxy groups -OCH3 is 1. The number of hydrogen-bond donors (Lipinski definition) is 2. The van der Waals surface area contributed by atoms with Gasteiger partial charge in [-0.05, 0) is 76.7 Å². The van der Waals surface area contributed by atoms with Crippen LogP contribution in [0.4, 0.5) is 5.69 Å². The average molecular weight is 694 g/mol. The molecule has 5 rings (SSSR count). The van der Waals surface area contributed by atoms with Gasteiger partial charge in [-0.15, -0.1) is 0 Å². The molecular formula is C38H33BrN2O6. The first-order chi connectivity index (χ1) is 22.8. The maximum atomic E-state index is 13.1. The number of carbonyl (C=O) groups is 4. The highest BCUT2D eigenvalue weighted by Crippen LogP contribution is 2.44. The first kappa shape index (κ1) is 33.2. The molecule has 2 N–H and O–H groups in total. The van der Waals surface area contributed by atoms with Gasteiger partial charge in [0.25, 0.3) is 5.91 Å². The summed E-state index contributed by atoms with van der Waals surface area (Å²) in [6, 6.07) is 28.9. The van der Waals surface area contributed by atoms with Crippen molar-refractivity contribution in [1.29, 1.82) is 0 Å². The van der Waals surface area contributed by atoms with Gasteiger partial charge in [0.1, 0.15) is 12.6 Å². The fraction of sp³-hybridized carbons (Fsp3) is 0.211. The second kappa shape index (κ2) is 15.4. The van der Waals surface area contributed by atoms with E-state index in [1.807, 2.05) is 36.4 Å². The van der Waals surface area contributed by atoms with Gasteiger partial charge in [-0.3, -0.25) is 14.4 Å². The summed E-state index contributed by atoms with van der Waals surface area (Å²) in [6.07, 6.45) is -0.0888. The van der Waals surface area contributed by atoms with Crippen molar-refractivity contribution in [2.45, 2.75) is 25.3 Å². The minimum atomic E-state index is -1.06. The Morgan fingerprint density at radius 3 is 1.91 bits per heavy atom. The zero-order valence-corrected chi connectivity index (χ0v) is 27.5. The molecule has 2 amide bonds.